The average Bonchev–Trinajstić information content (AvgIpc) is 2.79. The van der Waals surface area contributed by atoms with Crippen LogP contribution >= 0.6 is 11.8 Å². The summed E-state index contributed by atoms with van der Waals surface area (Å²) in [6.45, 7) is 4.08. The number of unbranched alkanes of at least 4 members (excludes halogenated alkanes) is 3. The van der Waals surface area contributed by atoms with Crippen molar-refractivity contribution < 1.29 is 0 Å². The van der Waals surface area contributed by atoms with Crippen LogP contribution in [0.25, 0.3) is 0 Å². The summed E-state index contributed by atoms with van der Waals surface area (Å²) >= 11 is 2.03. The Labute approximate surface area is 104 Å². The summed E-state index contributed by atoms with van der Waals surface area (Å²) < 4.78 is 0. The number of nitrogens with zero attached hydrogens (tertiary/aromatic N) is 1. The molecule has 1 atom stereocenters. The number of thioether (sulfide) groups is 1. The molecule has 3 nitrogen and oxygen atoms in total. The van der Waals surface area contributed by atoms with Crippen molar-refractivity contribution in [1.29, 1.82) is 0 Å². The van der Waals surface area contributed by atoms with Crippen molar-refractivity contribution in [1.82, 2.24) is 5.32 Å². The fraction of sp³-hybridized carbons (Fsp3) is 0.917. The summed E-state index contributed by atoms with van der Waals surface area (Å²) in [6.07, 6.45) is 7.73. The van der Waals surface area contributed by atoms with Crippen LogP contribution in [0.1, 0.15) is 45.4 Å². The number of nitrogens with one attached hydrogen (secondary N) is 1. The maximum absolute atomic E-state index is 5.80. The number of rotatable bonds is 7. The molecule has 1 aliphatic rings. The normalized spacial score (nSPS) is 21.3. The molecule has 1 unspecified atom stereocenters. The number of guanidine groups is 1. The highest BCUT2D eigenvalue weighted by molar-refractivity contribution is 8.00. The van der Waals surface area contributed by atoms with Crippen molar-refractivity contribution in [3.63, 3.8) is 0 Å². The molecule has 0 aromatic heterocycles. The number of hydrogen-bond acceptors (Lipinski definition) is 2. The van der Waals surface area contributed by atoms with E-state index >= 15 is 0 Å². The van der Waals surface area contributed by atoms with Crippen LogP contribution in [-0.2, 0) is 0 Å². The molecule has 1 saturated heterocycles. The van der Waals surface area contributed by atoms with Gasteiger partial charge in [0.2, 0.25) is 0 Å². The van der Waals surface area contributed by atoms with Crippen LogP contribution in [0.15, 0.2) is 4.99 Å². The minimum atomic E-state index is 0.629. The molecule has 0 aliphatic carbocycles. The Morgan fingerprint density at radius 3 is 3.00 bits per heavy atom. The van der Waals surface area contributed by atoms with Gasteiger partial charge in [-0.05, 0) is 25.0 Å². The van der Waals surface area contributed by atoms with Crippen molar-refractivity contribution in [3.8, 4) is 0 Å². The molecule has 1 rings (SSSR count). The number of aliphatic imine (C=N–C) groups is 1. The van der Waals surface area contributed by atoms with Gasteiger partial charge in [0.25, 0.3) is 0 Å². The van der Waals surface area contributed by atoms with E-state index in [0.717, 1.165) is 13.1 Å². The van der Waals surface area contributed by atoms with Gasteiger partial charge in [-0.1, -0.05) is 26.2 Å². The molecule has 4 heteroatoms. The van der Waals surface area contributed by atoms with Crippen molar-refractivity contribution in [2.24, 2.45) is 10.7 Å². The van der Waals surface area contributed by atoms with Crippen LogP contribution in [-0.4, -0.2) is 30.1 Å². The molecule has 0 bridgehead atoms. The molecule has 0 aromatic carbocycles. The molecule has 0 spiro atoms. The summed E-state index contributed by atoms with van der Waals surface area (Å²) in [5.74, 6) is 1.92. The van der Waals surface area contributed by atoms with E-state index in [-0.39, 0.29) is 0 Å². The fourth-order valence-electron chi connectivity index (χ4n) is 1.81. The Kier molecular flexibility index (Phi) is 7.47. The maximum Gasteiger partial charge on any atom is 0.188 e. The first kappa shape index (κ1) is 13.7. The highest BCUT2D eigenvalue weighted by atomic mass is 32.2. The molecule has 1 heterocycles. The zero-order chi connectivity index (χ0) is 11.6. The molecule has 94 valence electrons. The fourth-order valence-corrected chi connectivity index (χ4v) is 2.99. The van der Waals surface area contributed by atoms with E-state index in [1.54, 1.807) is 0 Å². The first-order chi connectivity index (χ1) is 7.83. The molecule has 16 heavy (non-hydrogen) atoms. The van der Waals surface area contributed by atoms with E-state index < -0.39 is 0 Å². The monoisotopic (exact) mass is 243 g/mol. The Morgan fingerprint density at radius 1 is 1.44 bits per heavy atom. The molecular weight excluding hydrogens is 218 g/mol. The minimum absolute atomic E-state index is 0.629. The third-order valence-electron chi connectivity index (χ3n) is 2.83. The first-order valence-corrected chi connectivity index (χ1v) is 7.53. The van der Waals surface area contributed by atoms with Gasteiger partial charge >= 0.3 is 0 Å². The smallest absolute Gasteiger partial charge is 0.188 e. The van der Waals surface area contributed by atoms with E-state index in [2.05, 4.69) is 17.2 Å². The van der Waals surface area contributed by atoms with Gasteiger partial charge in [0, 0.05) is 11.8 Å². The Morgan fingerprint density at radius 2 is 2.31 bits per heavy atom. The average molecular weight is 243 g/mol. The van der Waals surface area contributed by atoms with Gasteiger partial charge in [-0.15, -0.1) is 0 Å². The zero-order valence-corrected chi connectivity index (χ0v) is 11.2. The molecule has 0 aromatic rings. The van der Waals surface area contributed by atoms with Crippen molar-refractivity contribution in [2.75, 3.05) is 18.8 Å². The topological polar surface area (TPSA) is 50.4 Å². The summed E-state index contributed by atoms with van der Waals surface area (Å²) in [5.41, 5.74) is 5.80. The summed E-state index contributed by atoms with van der Waals surface area (Å²) in [4.78, 5) is 4.39. The molecular formula is C12H25N3S. The highest BCUT2D eigenvalue weighted by Crippen LogP contribution is 2.25. The largest absolute Gasteiger partial charge is 0.370 e. The second-order valence-corrected chi connectivity index (χ2v) is 5.76. The van der Waals surface area contributed by atoms with Crippen molar-refractivity contribution >= 4 is 17.7 Å². The summed E-state index contributed by atoms with van der Waals surface area (Å²) in [5, 5.41) is 3.89. The standard InChI is InChI=1S/C12H25N3S/c1-2-3-4-5-8-14-12(13)15-10-11-7-6-9-16-11/h11H,2-10H2,1H3,(H3,13,14,15). The van der Waals surface area contributed by atoms with E-state index in [0.29, 0.717) is 11.2 Å². The Bertz CT molecular complexity index is 200. The van der Waals surface area contributed by atoms with Crippen LogP contribution in [0.2, 0.25) is 0 Å². The lowest BCUT2D eigenvalue weighted by molar-refractivity contribution is 0.652. The number of hydrogen-bond donors (Lipinski definition) is 2. The third kappa shape index (κ3) is 6.26. The van der Waals surface area contributed by atoms with Crippen molar-refractivity contribution in [2.45, 2.75) is 50.7 Å². The van der Waals surface area contributed by atoms with E-state index in [9.17, 15) is 0 Å². The van der Waals surface area contributed by atoms with Gasteiger partial charge in [0.15, 0.2) is 5.96 Å². The molecule has 0 amide bonds. The third-order valence-corrected chi connectivity index (χ3v) is 4.21. The molecule has 1 fully saturated rings. The van der Waals surface area contributed by atoms with Gasteiger partial charge in [-0.2, -0.15) is 11.8 Å². The van der Waals surface area contributed by atoms with Crippen LogP contribution in [0.4, 0.5) is 0 Å². The second kappa shape index (κ2) is 8.74. The van der Waals surface area contributed by atoms with Crippen LogP contribution in [0.5, 0.6) is 0 Å². The zero-order valence-electron chi connectivity index (χ0n) is 10.4. The Balaban J connectivity index is 1.99. The van der Waals surface area contributed by atoms with Crippen molar-refractivity contribution in [3.05, 3.63) is 0 Å². The quantitative estimate of drug-likeness (QED) is 0.410. The van der Waals surface area contributed by atoms with E-state index in [4.69, 9.17) is 5.73 Å². The maximum atomic E-state index is 5.80. The highest BCUT2D eigenvalue weighted by Gasteiger charge is 2.14. The lowest BCUT2D eigenvalue weighted by atomic mass is 10.2. The molecule has 1 aliphatic heterocycles. The number of nitrogens with two attached hydrogens (primary N) is 1. The van der Waals surface area contributed by atoms with E-state index in [1.165, 1.54) is 44.3 Å². The predicted octanol–water partition coefficient (Wildman–Crippen LogP) is 2.37. The SMILES string of the molecule is CCCCCCNC(N)=NCC1CCCS1. The van der Waals surface area contributed by atoms with Crippen LogP contribution < -0.4 is 11.1 Å². The van der Waals surface area contributed by atoms with Crippen LogP contribution in [0, 0.1) is 0 Å². The molecule has 0 saturated carbocycles. The minimum Gasteiger partial charge on any atom is -0.370 e. The van der Waals surface area contributed by atoms with Gasteiger partial charge in [0.1, 0.15) is 0 Å². The summed E-state index contributed by atoms with van der Waals surface area (Å²) in [7, 11) is 0. The first-order valence-electron chi connectivity index (χ1n) is 6.48. The van der Waals surface area contributed by atoms with Gasteiger partial charge in [-0.25, -0.2) is 0 Å². The lowest BCUT2D eigenvalue weighted by Crippen LogP contribution is -2.33. The molecule has 0 radical (unpaired) electrons. The lowest BCUT2D eigenvalue weighted by Gasteiger charge is -2.07. The van der Waals surface area contributed by atoms with E-state index in [1.807, 2.05) is 11.8 Å². The summed E-state index contributed by atoms with van der Waals surface area (Å²) in [6, 6.07) is 0. The van der Waals surface area contributed by atoms with Crippen LogP contribution in [0.3, 0.4) is 0 Å². The van der Waals surface area contributed by atoms with Gasteiger partial charge in [0.05, 0.1) is 6.54 Å². The van der Waals surface area contributed by atoms with Gasteiger partial charge < -0.3 is 11.1 Å². The Hall–Kier alpha value is -0.380. The predicted molar refractivity (Wildman–Crippen MR) is 74.1 cm³/mol. The van der Waals surface area contributed by atoms with Gasteiger partial charge in [-0.3, -0.25) is 4.99 Å². The molecule has 3 N–H and O–H groups in total. The second-order valence-electron chi connectivity index (χ2n) is 4.35.